The number of nitrogens with one attached hydrogen (secondary N) is 1. The number of benzene rings is 2. The Labute approximate surface area is 138 Å². The van der Waals surface area contributed by atoms with E-state index in [0.29, 0.717) is 5.02 Å². The third-order valence-corrected chi connectivity index (χ3v) is 3.51. The van der Waals surface area contributed by atoms with Crippen LogP contribution in [-0.4, -0.2) is 18.5 Å². The minimum absolute atomic E-state index is 0.179. The number of rotatable bonds is 5. The highest BCUT2D eigenvalue weighted by atomic mass is 35.5. The van der Waals surface area contributed by atoms with Crippen LogP contribution in [0, 0.1) is 5.82 Å². The first-order valence-corrected chi connectivity index (χ1v) is 7.31. The molecule has 0 unspecified atom stereocenters. The molecular weight excluding hydrogens is 321 g/mol. The summed E-state index contributed by atoms with van der Waals surface area (Å²) in [5, 5.41) is 3.24. The van der Waals surface area contributed by atoms with Crippen molar-refractivity contribution in [3.05, 3.63) is 70.5 Å². The van der Waals surface area contributed by atoms with E-state index in [2.05, 4.69) is 5.32 Å². The highest BCUT2D eigenvalue weighted by Crippen LogP contribution is 2.21. The molecule has 0 saturated heterocycles. The Morgan fingerprint density at radius 2 is 1.83 bits per heavy atom. The lowest BCUT2D eigenvalue weighted by Crippen LogP contribution is -2.31. The van der Waals surface area contributed by atoms with Gasteiger partial charge in [-0.05, 0) is 42.8 Å². The van der Waals surface area contributed by atoms with E-state index in [-0.39, 0.29) is 11.6 Å². The van der Waals surface area contributed by atoms with Gasteiger partial charge in [0.25, 0.3) is 5.91 Å². The molecule has 0 aliphatic rings. The summed E-state index contributed by atoms with van der Waals surface area (Å²) in [6.07, 6.45) is 0. The predicted molar refractivity (Wildman–Crippen MR) is 84.7 cm³/mol. The van der Waals surface area contributed by atoms with E-state index in [4.69, 9.17) is 16.3 Å². The Morgan fingerprint density at radius 3 is 2.48 bits per heavy atom. The van der Waals surface area contributed by atoms with Crippen LogP contribution >= 0.6 is 11.6 Å². The van der Waals surface area contributed by atoms with Crippen molar-refractivity contribution in [2.45, 2.75) is 13.0 Å². The van der Waals surface area contributed by atoms with Gasteiger partial charge in [-0.3, -0.25) is 4.79 Å². The van der Waals surface area contributed by atoms with Crippen LogP contribution in [0.15, 0.2) is 48.5 Å². The molecule has 1 amide bonds. The monoisotopic (exact) mass is 335 g/mol. The number of carbonyl (C=O) groups excluding carboxylic acids is 2. The maximum absolute atomic E-state index is 12.8. The number of ether oxygens (including phenoxy) is 1. The van der Waals surface area contributed by atoms with Crippen LogP contribution in [0.25, 0.3) is 0 Å². The largest absolute Gasteiger partial charge is 0.452 e. The minimum Gasteiger partial charge on any atom is -0.452 e. The summed E-state index contributed by atoms with van der Waals surface area (Å²) in [5.74, 6) is -1.59. The van der Waals surface area contributed by atoms with Gasteiger partial charge < -0.3 is 10.1 Å². The summed E-state index contributed by atoms with van der Waals surface area (Å²) in [6.45, 7) is 1.35. The standard InChI is InChI=1S/C17H15ClFNO3/c1-11(14-4-2-3-5-15(14)18)20-16(21)10-23-17(22)12-6-8-13(19)9-7-12/h2-9,11H,10H2,1H3,(H,20,21)/t11-/m0/s1. The van der Waals surface area contributed by atoms with Gasteiger partial charge in [-0.2, -0.15) is 0 Å². The quantitative estimate of drug-likeness (QED) is 0.851. The van der Waals surface area contributed by atoms with Gasteiger partial charge >= 0.3 is 5.97 Å². The van der Waals surface area contributed by atoms with Crippen LogP contribution in [0.4, 0.5) is 4.39 Å². The molecule has 1 N–H and O–H groups in total. The van der Waals surface area contributed by atoms with Crippen molar-refractivity contribution in [2.24, 2.45) is 0 Å². The summed E-state index contributed by atoms with van der Waals surface area (Å²) in [4.78, 5) is 23.6. The Bertz CT molecular complexity index is 703. The molecule has 0 spiro atoms. The molecule has 120 valence electrons. The molecule has 0 heterocycles. The summed E-state index contributed by atoms with van der Waals surface area (Å²) >= 11 is 6.06. The molecule has 4 nitrogen and oxygen atoms in total. The normalized spacial score (nSPS) is 11.6. The molecule has 1 atom stereocenters. The summed E-state index contributed by atoms with van der Waals surface area (Å²) in [7, 11) is 0. The maximum Gasteiger partial charge on any atom is 0.338 e. The van der Waals surface area contributed by atoms with Crippen molar-refractivity contribution in [3.8, 4) is 0 Å². The van der Waals surface area contributed by atoms with Crippen molar-refractivity contribution in [2.75, 3.05) is 6.61 Å². The lowest BCUT2D eigenvalue weighted by atomic mass is 10.1. The SMILES string of the molecule is C[C@H](NC(=O)COC(=O)c1ccc(F)cc1)c1ccccc1Cl. The van der Waals surface area contributed by atoms with Gasteiger partial charge in [0.05, 0.1) is 11.6 Å². The number of hydrogen-bond donors (Lipinski definition) is 1. The highest BCUT2D eigenvalue weighted by molar-refractivity contribution is 6.31. The molecule has 6 heteroatoms. The number of carbonyl (C=O) groups is 2. The number of esters is 1. The zero-order valence-electron chi connectivity index (χ0n) is 12.4. The molecule has 2 rings (SSSR count). The van der Waals surface area contributed by atoms with E-state index in [1.807, 2.05) is 6.07 Å². The van der Waals surface area contributed by atoms with Crippen LogP contribution in [0.3, 0.4) is 0 Å². The van der Waals surface area contributed by atoms with Crippen LogP contribution in [0.5, 0.6) is 0 Å². The lowest BCUT2D eigenvalue weighted by molar-refractivity contribution is -0.124. The van der Waals surface area contributed by atoms with Crippen molar-refractivity contribution >= 4 is 23.5 Å². The van der Waals surface area contributed by atoms with Crippen LogP contribution in [0.1, 0.15) is 28.9 Å². The van der Waals surface area contributed by atoms with Gasteiger partial charge in [-0.25, -0.2) is 9.18 Å². The van der Waals surface area contributed by atoms with E-state index in [1.54, 1.807) is 25.1 Å². The maximum atomic E-state index is 12.8. The second-order valence-electron chi connectivity index (χ2n) is 4.89. The molecule has 0 saturated carbocycles. The van der Waals surface area contributed by atoms with E-state index in [0.717, 1.165) is 17.7 Å². The Balaban J connectivity index is 1.86. The number of hydrogen-bond acceptors (Lipinski definition) is 3. The smallest absolute Gasteiger partial charge is 0.338 e. The molecule has 0 aromatic heterocycles. The molecule has 2 aromatic carbocycles. The molecule has 0 aliphatic heterocycles. The molecular formula is C17H15ClFNO3. The number of halogens is 2. The van der Waals surface area contributed by atoms with Crippen molar-refractivity contribution < 1.29 is 18.7 Å². The van der Waals surface area contributed by atoms with Crippen molar-refractivity contribution in [3.63, 3.8) is 0 Å². The van der Waals surface area contributed by atoms with Gasteiger partial charge in [-0.15, -0.1) is 0 Å². The third kappa shape index (κ3) is 4.79. The fourth-order valence-corrected chi connectivity index (χ4v) is 2.29. The lowest BCUT2D eigenvalue weighted by Gasteiger charge is -2.15. The molecule has 0 fully saturated rings. The second-order valence-corrected chi connectivity index (χ2v) is 5.30. The molecule has 2 aromatic rings. The molecule has 0 aliphatic carbocycles. The Morgan fingerprint density at radius 1 is 1.17 bits per heavy atom. The van der Waals surface area contributed by atoms with Gasteiger partial charge in [-0.1, -0.05) is 29.8 Å². The minimum atomic E-state index is -0.689. The van der Waals surface area contributed by atoms with Gasteiger partial charge in [0.2, 0.25) is 0 Å². The van der Waals surface area contributed by atoms with Gasteiger partial charge in [0.15, 0.2) is 6.61 Å². The predicted octanol–water partition coefficient (Wildman–Crippen LogP) is 3.51. The zero-order valence-corrected chi connectivity index (χ0v) is 13.1. The van der Waals surface area contributed by atoms with Crippen molar-refractivity contribution in [1.82, 2.24) is 5.32 Å². The van der Waals surface area contributed by atoms with Crippen LogP contribution in [0.2, 0.25) is 5.02 Å². The van der Waals surface area contributed by atoms with Gasteiger partial charge in [0.1, 0.15) is 5.82 Å². The Kier molecular flexibility index (Phi) is 5.71. The summed E-state index contributed by atoms with van der Waals surface area (Å²) < 4.78 is 17.7. The third-order valence-electron chi connectivity index (χ3n) is 3.16. The average Bonchev–Trinajstić information content (AvgIpc) is 2.53. The topological polar surface area (TPSA) is 55.4 Å². The van der Waals surface area contributed by atoms with E-state index < -0.39 is 24.3 Å². The fourth-order valence-electron chi connectivity index (χ4n) is 1.99. The van der Waals surface area contributed by atoms with E-state index >= 15 is 0 Å². The van der Waals surface area contributed by atoms with E-state index in [9.17, 15) is 14.0 Å². The molecule has 23 heavy (non-hydrogen) atoms. The van der Waals surface area contributed by atoms with Crippen LogP contribution < -0.4 is 5.32 Å². The first kappa shape index (κ1) is 17.0. The first-order valence-electron chi connectivity index (χ1n) is 6.94. The van der Waals surface area contributed by atoms with Crippen LogP contribution in [-0.2, 0) is 9.53 Å². The second kappa shape index (κ2) is 7.74. The first-order chi connectivity index (χ1) is 11.0. The van der Waals surface area contributed by atoms with Crippen molar-refractivity contribution in [1.29, 1.82) is 0 Å². The number of amides is 1. The van der Waals surface area contributed by atoms with Gasteiger partial charge in [0, 0.05) is 5.02 Å². The molecule has 0 bridgehead atoms. The van der Waals surface area contributed by atoms with E-state index in [1.165, 1.54) is 12.1 Å². The Hall–Kier alpha value is -2.40. The molecule has 0 radical (unpaired) electrons. The zero-order chi connectivity index (χ0) is 16.8. The fraction of sp³-hybridized carbons (Fsp3) is 0.176. The summed E-state index contributed by atoms with van der Waals surface area (Å²) in [6, 6.07) is 11.7. The average molecular weight is 336 g/mol. The highest BCUT2D eigenvalue weighted by Gasteiger charge is 2.14. The summed E-state index contributed by atoms with van der Waals surface area (Å²) in [5.41, 5.74) is 0.950.